The number of aliphatic hydroxyl groups excluding tert-OH is 2. The Balaban J connectivity index is 1.52. The van der Waals surface area contributed by atoms with Crippen molar-refractivity contribution in [3.8, 4) is 11.1 Å². The molecule has 1 fully saturated rings. The van der Waals surface area contributed by atoms with Crippen molar-refractivity contribution >= 4 is 32.4 Å². The van der Waals surface area contributed by atoms with E-state index in [0.29, 0.717) is 43.4 Å². The van der Waals surface area contributed by atoms with Crippen LogP contribution in [-0.4, -0.2) is 96.4 Å². The van der Waals surface area contributed by atoms with Crippen molar-refractivity contribution in [3.63, 3.8) is 0 Å². The summed E-state index contributed by atoms with van der Waals surface area (Å²) in [5.74, 6) is -0.634. The van der Waals surface area contributed by atoms with Crippen LogP contribution in [0.1, 0.15) is 15.2 Å². The van der Waals surface area contributed by atoms with Crippen LogP contribution in [0, 0.1) is 0 Å². The SMILES string of the molecule is O=C(NO)c1cnc(N2CCN(S(=O)(=O)c3ccccc3-c3cccc(CN(CCO)CCO)c3)CC2)s1. The van der Waals surface area contributed by atoms with E-state index in [2.05, 4.69) is 4.98 Å². The smallest absolute Gasteiger partial charge is 0.286 e. The molecule has 1 amide bonds. The van der Waals surface area contributed by atoms with Crippen LogP contribution in [0.3, 0.4) is 0 Å². The van der Waals surface area contributed by atoms with Gasteiger partial charge in [0.05, 0.1) is 24.3 Å². The quantitative estimate of drug-likeness (QED) is 0.200. The number of aromatic nitrogens is 1. The number of amides is 1. The molecular weight excluding hydrogens is 530 g/mol. The summed E-state index contributed by atoms with van der Waals surface area (Å²) in [6.45, 7) is 2.68. The number of nitrogens with zero attached hydrogens (tertiary/aromatic N) is 4. The fourth-order valence-corrected chi connectivity index (χ4v) is 6.90. The van der Waals surface area contributed by atoms with Crippen LogP contribution in [0.2, 0.25) is 0 Å². The van der Waals surface area contributed by atoms with E-state index in [1.165, 1.54) is 10.5 Å². The van der Waals surface area contributed by atoms with E-state index >= 15 is 0 Å². The van der Waals surface area contributed by atoms with Gasteiger partial charge in [-0.05, 0) is 23.3 Å². The normalized spacial score (nSPS) is 14.7. The van der Waals surface area contributed by atoms with Gasteiger partial charge in [0.1, 0.15) is 4.88 Å². The maximum absolute atomic E-state index is 13.7. The Bertz CT molecular complexity index is 1340. The number of nitrogens with one attached hydrogen (secondary N) is 1. The summed E-state index contributed by atoms with van der Waals surface area (Å²) in [6.07, 6.45) is 1.38. The summed E-state index contributed by atoms with van der Waals surface area (Å²) in [5.41, 5.74) is 3.91. The molecule has 0 aliphatic carbocycles. The van der Waals surface area contributed by atoms with E-state index in [4.69, 9.17) is 5.21 Å². The molecule has 0 saturated carbocycles. The number of rotatable bonds is 11. The van der Waals surface area contributed by atoms with Crippen molar-refractivity contribution in [2.45, 2.75) is 11.4 Å². The largest absolute Gasteiger partial charge is 0.395 e. The average Bonchev–Trinajstić information content (AvgIpc) is 3.44. The maximum Gasteiger partial charge on any atom is 0.286 e. The third-order valence-electron chi connectivity index (χ3n) is 6.31. The van der Waals surface area contributed by atoms with Gasteiger partial charge < -0.3 is 15.1 Å². The second kappa shape index (κ2) is 12.8. The molecule has 0 atom stereocenters. The van der Waals surface area contributed by atoms with E-state index in [1.54, 1.807) is 23.7 Å². The monoisotopic (exact) mass is 561 g/mol. The van der Waals surface area contributed by atoms with Crippen LogP contribution in [0.5, 0.6) is 0 Å². The molecule has 204 valence electrons. The summed E-state index contributed by atoms with van der Waals surface area (Å²) in [7, 11) is -3.80. The summed E-state index contributed by atoms with van der Waals surface area (Å²) in [6, 6.07) is 14.6. The number of aliphatic hydroxyl groups is 2. The predicted octanol–water partition coefficient (Wildman–Crippen LogP) is 1.23. The third kappa shape index (κ3) is 6.38. The van der Waals surface area contributed by atoms with Crippen LogP contribution in [0.15, 0.2) is 59.6 Å². The van der Waals surface area contributed by atoms with E-state index in [9.17, 15) is 23.4 Å². The molecule has 0 unspecified atom stereocenters. The molecule has 38 heavy (non-hydrogen) atoms. The van der Waals surface area contributed by atoms with Crippen LogP contribution >= 0.6 is 11.3 Å². The highest BCUT2D eigenvalue weighted by molar-refractivity contribution is 7.89. The number of carbonyl (C=O) groups is 1. The maximum atomic E-state index is 13.7. The predicted molar refractivity (Wildman–Crippen MR) is 144 cm³/mol. The zero-order valence-electron chi connectivity index (χ0n) is 20.7. The van der Waals surface area contributed by atoms with Gasteiger partial charge in [0.2, 0.25) is 10.0 Å². The van der Waals surface area contributed by atoms with Crippen molar-refractivity contribution < 1.29 is 28.6 Å². The Morgan fingerprint density at radius 2 is 1.74 bits per heavy atom. The molecule has 3 aromatic rings. The number of sulfonamides is 1. The van der Waals surface area contributed by atoms with Crippen LogP contribution in [-0.2, 0) is 16.6 Å². The number of carbonyl (C=O) groups excluding carboxylic acids is 1. The van der Waals surface area contributed by atoms with Crippen molar-refractivity contribution in [3.05, 3.63) is 65.2 Å². The molecule has 0 spiro atoms. The second-order valence-electron chi connectivity index (χ2n) is 8.76. The van der Waals surface area contributed by atoms with E-state index in [-0.39, 0.29) is 36.1 Å². The van der Waals surface area contributed by atoms with Crippen LogP contribution < -0.4 is 10.4 Å². The molecule has 1 aliphatic heterocycles. The van der Waals surface area contributed by atoms with Gasteiger partial charge >= 0.3 is 0 Å². The average molecular weight is 562 g/mol. The van der Waals surface area contributed by atoms with Gasteiger partial charge in [-0.15, -0.1) is 0 Å². The Labute approximate surface area is 225 Å². The minimum atomic E-state index is -3.80. The lowest BCUT2D eigenvalue weighted by Gasteiger charge is -2.34. The summed E-state index contributed by atoms with van der Waals surface area (Å²) in [5, 5.41) is 28.0. The lowest BCUT2D eigenvalue weighted by molar-refractivity contribution is 0.0710. The Morgan fingerprint density at radius 3 is 2.42 bits per heavy atom. The lowest BCUT2D eigenvalue weighted by atomic mass is 10.0. The van der Waals surface area contributed by atoms with Crippen LogP contribution in [0.4, 0.5) is 5.13 Å². The molecule has 1 aromatic heterocycles. The highest BCUT2D eigenvalue weighted by atomic mass is 32.2. The number of thiazole rings is 1. The zero-order chi connectivity index (χ0) is 27.1. The van der Waals surface area contributed by atoms with E-state index < -0.39 is 15.9 Å². The Morgan fingerprint density at radius 1 is 1.03 bits per heavy atom. The first-order valence-corrected chi connectivity index (χ1v) is 14.4. The van der Waals surface area contributed by atoms with Crippen molar-refractivity contribution in [1.82, 2.24) is 19.7 Å². The highest BCUT2D eigenvalue weighted by Gasteiger charge is 2.31. The van der Waals surface area contributed by atoms with Gasteiger partial charge in [-0.2, -0.15) is 4.31 Å². The van der Waals surface area contributed by atoms with E-state index in [1.807, 2.05) is 40.1 Å². The zero-order valence-corrected chi connectivity index (χ0v) is 22.4. The molecule has 11 nitrogen and oxygen atoms in total. The molecule has 1 saturated heterocycles. The number of hydroxylamine groups is 1. The fourth-order valence-electron chi connectivity index (χ4n) is 4.41. The minimum absolute atomic E-state index is 0.0181. The summed E-state index contributed by atoms with van der Waals surface area (Å²) >= 11 is 1.13. The van der Waals surface area contributed by atoms with Crippen molar-refractivity contribution in [2.24, 2.45) is 0 Å². The summed E-state index contributed by atoms with van der Waals surface area (Å²) in [4.78, 5) is 20.2. The molecular formula is C25H31N5O6S2. The van der Waals surface area contributed by atoms with Crippen molar-refractivity contribution in [1.29, 1.82) is 0 Å². The standard InChI is InChI=1S/C25H31N5O6S2/c31-14-12-28(13-15-32)18-19-4-3-5-20(16-19)21-6-1-2-7-23(21)38(35,36)30-10-8-29(9-11-30)25-26-17-22(37-25)24(33)27-34/h1-7,16-17,31-32,34H,8-15,18H2,(H,27,33). The molecule has 2 aromatic carbocycles. The molecule has 0 bridgehead atoms. The first-order valence-electron chi connectivity index (χ1n) is 12.1. The first kappa shape index (κ1) is 28.1. The van der Waals surface area contributed by atoms with Crippen molar-refractivity contribution in [2.75, 3.05) is 57.4 Å². The molecule has 2 heterocycles. The Hall–Kier alpha value is -2.91. The highest BCUT2D eigenvalue weighted by Crippen LogP contribution is 2.31. The first-order chi connectivity index (χ1) is 18.4. The van der Waals surface area contributed by atoms with Gasteiger partial charge in [-0.25, -0.2) is 18.9 Å². The second-order valence-corrected chi connectivity index (χ2v) is 11.7. The van der Waals surface area contributed by atoms with Gasteiger partial charge in [0.15, 0.2) is 5.13 Å². The number of piperazine rings is 1. The number of anilines is 1. The van der Waals surface area contributed by atoms with Gasteiger partial charge in [0.25, 0.3) is 5.91 Å². The number of hydrogen-bond donors (Lipinski definition) is 4. The molecule has 4 N–H and O–H groups in total. The van der Waals surface area contributed by atoms with Gasteiger partial charge in [-0.1, -0.05) is 47.7 Å². The molecule has 0 radical (unpaired) electrons. The van der Waals surface area contributed by atoms with E-state index in [0.717, 1.165) is 22.5 Å². The summed E-state index contributed by atoms with van der Waals surface area (Å²) < 4.78 is 28.9. The number of benzene rings is 2. The third-order valence-corrected chi connectivity index (χ3v) is 9.32. The fraction of sp³-hybridized carbons (Fsp3) is 0.360. The minimum Gasteiger partial charge on any atom is -0.395 e. The topological polar surface area (TPSA) is 147 Å². The molecule has 1 aliphatic rings. The number of hydrogen-bond acceptors (Lipinski definition) is 10. The molecule has 4 rings (SSSR count). The molecule has 13 heteroatoms. The van der Waals surface area contributed by atoms with Gasteiger partial charge in [0, 0.05) is 51.4 Å². The van der Waals surface area contributed by atoms with Gasteiger partial charge in [-0.3, -0.25) is 14.9 Å². The lowest BCUT2D eigenvalue weighted by Crippen LogP contribution is -2.48. The Kier molecular flexibility index (Phi) is 9.44. The van der Waals surface area contributed by atoms with Crippen LogP contribution in [0.25, 0.3) is 11.1 Å².